The summed E-state index contributed by atoms with van der Waals surface area (Å²) < 4.78 is 5.32. The van der Waals surface area contributed by atoms with Gasteiger partial charge in [0.2, 0.25) is 11.8 Å². The molecule has 27 heavy (non-hydrogen) atoms. The van der Waals surface area contributed by atoms with Gasteiger partial charge in [0, 0.05) is 16.1 Å². The van der Waals surface area contributed by atoms with Gasteiger partial charge in [0.1, 0.15) is 5.75 Å². The van der Waals surface area contributed by atoms with Gasteiger partial charge in [-0.05, 0) is 43.5 Å². The number of alkyl halides is 2. The lowest BCUT2D eigenvalue weighted by atomic mass is 9.81. The Morgan fingerprint density at radius 3 is 2.11 bits per heavy atom. The van der Waals surface area contributed by atoms with E-state index in [2.05, 4.69) is 38.8 Å². The highest BCUT2D eigenvalue weighted by atomic mass is 79.9. The average Bonchev–Trinajstić information content (AvgIpc) is 2.87. The molecule has 0 radical (unpaired) electrons. The number of imide groups is 1. The minimum atomic E-state index is -0.272. The Kier molecular flexibility index (Phi) is 6.74. The van der Waals surface area contributed by atoms with Gasteiger partial charge in [-0.15, -0.1) is 0 Å². The van der Waals surface area contributed by atoms with Crippen LogP contribution in [-0.2, 0) is 14.4 Å². The fraction of sp³-hybridized carbons (Fsp3) is 0.550. The highest BCUT2D eigenvalue weighted by Gasteiger charge is 2.52. The molecule has 1 saturated heterocycles. The van der Waals surface area contributed by atoms with Gasteiger partial charge in [0.15, 0.2) is 0 Å². The van der Waals surface area contributed by atoms with E-state index in [1.54, 1.807) is 24.3 Å². The van der Waals surface area contributed by atoms with Gasteiger partial charge < -0.3 is 4.74 Å². The molecule has 1 heterocycles. The van der Waals surface area contributed by atoms with E-state index in [0.29, 0.717) is 30.7 Å². The van der Waals surface area contributed by atoms with Gasteiger partial charge in [0.05, 0.1) is 17.5 Å². The lowest BCUT2D eigenvalue weighted by Crippen LogP contribution is -2.34. The minimum Gasteiger partial charge on any atom is -0.427 e. The van der Waals surface area contributed by atoms with Crippen LogP contribution in [0.4, 0.5) is 5.69 Å². The topological polar surface area (TPSA) is 63.7 Å². The summed E-state index contributed by atoms with van der Waals surface area (Å²) in [5.41, 5.74) is 0.530. The van der Waals surface area contributed by atoms with Crippen molar-refractivity contribution in [1.82, 2.24) is 0 Å². The lowest BCUT2D eigenvalue weighted by Gasteiger charge is -2.29. The molecule has 1 aliphatic heterocycles. The minimum absolute atomic E-state index is 0.141. The van der Waals surface area contributed by atoms with Crippen LogP contribution in [0.2, 0.25) is 0 Å². The number of ether oxygens (including phenoxy) is 1. The molecule has 7 heteroatoms. The van der Waals surface area contributed by atoms with Crippen LogP contribution in [0.3, 0.4) is 0 Å². The Morgan fingerprint density at radius 2 is 1.59 bits per heavy atom. The monoisotopic (exact) mass is 499 g/mol. The molecule has 1 aromatic carbocycles. The lowest BCUT2D eigenvalue weighted by molar-refractivity contribution is -0.134. The van der Waals surface area contributed by atoms with Gasteiger partial charge >= 0.3 is 5.97 Å². The Morgan fingerprint density at radius 1 is 1.04 bits per heavy atom. The number of amides is 2. The van der Waals surface area contributed by atoms with Crippen LogP contribution in [-0.4, -0.2) is 27.4 Å². The molecule has 4 atom stereocenters. The third-order valence-corrected chi connectivity index (χ3v) is 7.96. The second kappa shape index (κ2) is 8.86. The molecule has 1 aliphatic carbocycles. The number of carbonyl (C=O) groups excluding carboxylic acids is 3. The number of nitrogens with zero attached hydrogens (tertiary/aromatic N) is 1. The molecule has 3 rings (SSSR count). The summed E-state index contributed by atoms with van der Waals surface area (Å²) >= 11 is 7.18. The van der Waals surface area contributed by atoms with Crippen molar-refractivity contribution in [3.8, 4) is 5.75 Å². The number of rotatable bonds is 6. The zero-order chi connectivity index (χ0) is 19.6. The van der Waals surface area contributed by atoms with Crippen LogP contribution in [0, 0.1) is 11.8 Å². The predicted molar refractivity (Wildman–Crippen MR) is 110 cm³/mol. The summed E-state index contributed by atoms with van der Waals surface area (Å²) in [7, 11) is 0. The van der Waals surface area contributed by atoms with Gasteiger partial charge in [0.25, 0.3) is 0 Å². The van der Waals surface area contributed by atoms with Crippen LogP contribution in [0.15, 0.2) is 24.3 Å². The van der Waals surface area contributed by atoms with E-state index in [-0.39, 0.29) is 39.3 Å². The SMILES string of the molecule is CCCCCC(=O)Oc1ccc(N2C(=O)[C@H]3C[C@@H](Br)[C@@H](Br)C[C@H]3C2=O)cc1. The number of carbonyl (C=O) groups is 3. The molecule has 0 N–H and O–H groups in total. The normalized spacial score (nSPS) is 27.6. The molecule has 0 unspecified atom stereocenters. The molecule has 5 nitrogen and oxygen atoms in total. The zero-order valence-corrected chi connectivity index (χ0v) is 18.4. The van der Waals surface area contributed by atoms with Crippen molar-refractivity contribution in [2.24, 2.45) is 11.8 Å². The third-order valence-electron chi connectivity index (χ3n) is 5.22. The molecule has 2 aliphatic rings. The summed E-state index contributed by atoms with van der Waals surface area (Å²) in [4.78, 5) is 39.1. The number of unbranched alkanes of at least 4 members (excludes halogenated alkanes) is 2. The number of fused-ring (bicyclic) bond motifs is 1. The molecule has 0 aromatic heterocycles. The molecule has 2 amide bonds. The van der Waals surface area contributed by atoms with E-state index >= 15 is 0 Å². The first-order chi connectivity index (χ1) is 12.9. The summed E-state index contributed by atoms with van der Waals surface area (Å²) in [6.07, 6.45) is 4.55. The van der Waals surface area contributed by atoms with Crippen LogP contribution in [0.25, 0.3) is 0 Å². The maximum absolute atomic E-state index is 12.8. The average molecular weight is 501 g/mol. The molecule has 146 valence electrons. The Labute approximate surface area is 176 Å². The number of anilines is 1. The largest absolute Gasteiger partial charge is 0.427 e. The molecule has 1 aromatic rings. The Balaban J connectivity index is 1.67. The van der Waals surface area contributed by atoms with Crippen LogP contribution in [0.1, 0.15) is 45.4 Å². The van der Waals surface area contributed by atoms with Crippen molar-refractivity contribution in [3.63, 3.8) is 0 Å². The molecule has 2 fully saturated rings. The second-order valence-electron chi connectivity index (χ2n) is 7.15. The van der Waals surface area contributed by atoms with Crippen LogP contribution >= 0.6 is 31.9 Å². The molecular formula is C20H23Br2NO4. The van der Waals surface area contributed by atoms with E-state index in [1.807, 2.05) is 0 Å². The predicted octanol–water partition coefficient (Wildman–Crippen LogP) is 4.60. The molecule has 0 spiro atoms. The summed E-state index contributed by atoms with van der Waals surface area (Å²) in [5, 5.41) is 0. The fourth-order valence-electron chi connectivity index (χ4n) is 3.71. The van der Waals surface area contributed by atoms with E-state index in [0.717, 1.165) is 19.3 Å². The van der Waals surface area contributed by atoms with Gasteiger partial charge in [-0.1, -0.05) is 51.6 Å². The fourth-order valence-corrected chi connectivity index (χ4v) is 4.95. The molecular weight excluding hydrogens is 478 g/mol. The summed E-state index contributed by atoms with van der Waals surface area (Å²) in [6, 6.07) is 6.60. The van der Waals surface area contributed by atoms with Crippen molar-refractivity contribution in [2.75, 3.05) is 4.90 Å². The van der Waals surface area contributed by atoms with E-state index < -0.39 is 0 Å². The number of hydrogen-bond donors (Lipinski definition) is 0. The first-order valence-electron chi connectivity index (χ1n) is 9.39. The summed E-state index contributed by atoms with van der Waals surface area (Å²) in [5.74, 6) is -0.658. The molecule has 1 saturated carbocycles. The van der Waals surface area contributed by atoms with E-state index in [4.69, 9.17) is 4.74 Å². The van der Waals surface area contributed by atoms with E-state index in [9.17, 15) is 14.4 Å². The van der Waals surface area contributed by atoms with Crippen molar-refractivity contribution >= 4 is 55.3 Å². The first kappa shape index (κ1) is 20.5. The number of benzene rings is 1. The quantitative estimate of drug-likeness (QED) is 0.188. The van der Waals surface area contributed by atoms with Crippen LogP contribution in [0.5, 0.6) is 5.75 Å². The second-order valence-corrected chi connectivity index (χ2v) is 9.51. The summed E-state index contributed by atoms with van der Waals surface area (Å²) in [6.45, 7) is 2.08. The standard InChI is InChI=1S/C20H23Br2NO4/c1-2-3-4-5-18(24)27-13-8-6-12(7-9-13)23-19(25)14-10-16(21)17(22)11-15(14)20(23)26/h6-9,14-17H,2-5,10-11H2,1H3/t14-,15+,16+,17-. The highest BCUT2D eigenvalue weighted by molar-refractivity contribution is 9.12. The van der Waals surface area contributed by atoms with Crippen molar-refractivity contribution in [3.05, 3.63) is 24.3 Å². The van der Waals surface area contributed by atoms with Crippen molar-refractivity contribution < 1.29 is 19.1 Å². The van der Waals surface area contributed by atoms with Gasteiger partial charge in [-0.3, -0.25) is 19.3 Å². The number of hydrogen-bond acceptors (Lipinski definition) is 4. The number of halogens is 2. The highest BCUT2D eigenvalue weighted by Crippen LogP contribution is 2.44. The van der Waals surface area contributed by atoms with Gasteiger partial charge in [-0.2, -0.15) is 0 Å². The Hall–Kier alpha value is -1.21. The number of esters is 1. The zero-order valence-electron chi connectivity index (χ0n) is 15.2. The Bertz CT molecular complexity index is 693. The van der Waals surface area contributed by atoms with Crippen molar-refractivity contribution in [1.29, 1.82) is 0 Å². The molecule has 0 bridgehead atoms. The van der Waals surface area contributed by atoms with Crippen LogP contribution < -0.4 is 9.64 Å². The van der Waals surface area contributed by atoms with Gasteiger partial charge in [-0.25, -0.2) is 0 Å². The van der Waals surface area contributed by atoms with E-state index in [1.165, 1.54) is 4.90 Å². The maximum Gasteiger partial charge on any atom is 0.311 e. The third kappa shape index (κ3) is 4.45. The smallest absolute Gasteiger partial charge is 0.311 e. The van der Waals surface area contributed by atoms with Crippen molar-refractivity contribution in [2.45, 2.75) is 55.1 Å². The first-order valence-corrected chi connectivity index (χ1v) is 11.2. The maximum atomic E-state index is 12.8.